The van der Waals surface area contributed by atoms with E-state index in [1.165, 1.54) is 6.42 Å². The molecule has 4 N–H and O–H groups in total. The summed E-state index contributed by atoms with van der Waals surface area (Å²) in [6.07, 6.45) is 6.07. The van der Waals surface area contributed by atoms with Crippen LogP contribution in [0.25, 0.3) is 0 Å². The molecule has 1 aliphatic rings. The number of nitrogens with one attached hydrogen (secondary N) is 2. The molecule has 1 aliphatic heterocycles. The van der Waals surface area contributed by atoms with Crippen LogP contribution in [0.1, 0.15) is 122 Å². The molecular formula is C31H63N3O6. The van der Waals surface area contributed by atoms with Gasteiger partial charge in [-0.05, 0) is 55.4 Å². The zero-order valence-electron chi connectivity index (χ0n) is 27.8. The van der Waals surface area contributed by atoms with Crippen molar-refractivity contribution in [1.29, 1.82) is 0 Å². The van der Waals surface area contributed by atoms with E-state index in [4.69, 9.17) is 19.8 Å². The maximum absolute atomic E-state index is 11.0. The SMILES string of the molecule is CC(C)(C)CN1CCCC[C@H]1C(=O)O.CCC[C@H](NCC(C)(C)C)C(=O)O.CC[C@@H](C)NCC(C)(C)C.O=C=O. The van der Waals surface area contributed by atoms with Crippen LogP contribution in [-0.4, -0.2) is 77.5 Å². The van der Waals surface area contributed by atoms with Gasteiger partial charge in [-0.15, -0.1) is 0 Å². The first-order valence-corrected chi connectivity index (χ1v) is 14.8. The smallest absolute Gasteiger partial charge is 0.373 e. The molecule has 0 unspecified atom stereocenters. The predicted molar refractivity (Wildman–Crippen MR) is 162 cm³/mol. The second-order valence-electron chi connectivity index (χ2n) is 14.3. The number of aliphatic carboxylic acids is 2. The van der Waals surface area contributed by atoms with Crippen LogP contribution in [0, 0.1) is 16.2 Å². The van der Waals surface area contributed by atoms with E-state index in [1.54, 1.807) is 0 Å². The molecule has 9 nitrogen and oxygen atoms in total. The van der Waals surface area contributed by atoms with Crippen molar-refractivity contribution in [2.24, 2.45) is 16.2 Å². The van der Waals surface area contributed by atoms with Crippen molar-refractivity contribution in [3.8, 4) is 0 Å². The van der Waals surface area contributed by atoms with Gasteiger partial charge in [0.15, 0.2) is 0 Å². The Morgan fingerprint density at radius 2 is 1.35 bits per heavy atom. The monoisotopic (exact) mass is 573 g/mol. The molecule has 40 heavy (non-hydrogen) atoms. The summed E-state index contributed by atoms with van der Waals surface area (Å²) >= 11 is 0. The highest BCUT2D eigenvalue weighted by molar-refractivity contribution is 5.73. The number of likely N-dealkylation sites (tertiary alicyclic amines) is 1. The van der Waals surface area contributed by atoms with Crippen molar-refractivity contribution >= 4 is 18.1 Å². The van der Waals surface area contributed by atoms with Gasteiger partial charge in [-0.1, -0.05) is 89.0 Å². The van der Waals surface area contributed by atoms with Gasteiger partial charge in [0.1, 0.15) is 12.1 Å². The summed E-state index contributed by atoms with van der Waals surface area (Å²) in [7, 11) is 0. The van der Waals surface area contributed by atoms with Gasteiger partial charge < -0.3 is 20.8 Å². The van der Waals surface area contributed by atoms with Gasteiger partial charge in [0.05, 0.1) is 0 Å². The van der Waals surface area contributed by atoms with E-state index in [2.05, 4.69) is 91.7 Å². The second-order valence-corrected chi connectivity index (χ2v) is 14.3. The fourth-order valence-corrected chi connectivity index (χ4v) is 3.72. The van der Waals surface area contributed by atoms with Crippen molar-refractivity contribution in [1.82, 2.24) is 15.5 Å². The van der Waals surface area contributed by atoms with Gasteiger partial charge in [0.25, 0.3) is 0 Å². The van der Waals surface area contributed by atoms with Gasteiger partial charge in [-0.3, -0.25) is 14.5 Å². The summed E-state index contributed by atoms with van der Waals surface area (Å²) in [5.74, 6) is -1.40. The molecule has 0 aliphatic carbocycles. The lowest BCUT2D eigenvalue weighted by Crippen LogP contribution is -2.47. The molecule has 0 spiro atoms. The lowest BCUT2D eigenvalue weighted by Gasteiger charge is -2.37. The first-order chi connectivity index (χ1) is 18.1. The number of carbonyl (C=O) groups excluding carboxylic acids is 2. The van der Waals surface area contributed by atoms with Crippen LogP contribution in [0.2, 0.25) is 0 Å². The normalized spacial score (nSPS) is 17.4. The van der Waals surface area contributed by atoms with Crippen molar-refractivity contribution in [2.45, 2.75) is 140 Å². The number of nitrogens with zero attached hydrogens (tertiary/aromatic N) is 1. The highest BCUT2D eigenvalue weighted by Gasteiger charge is 2.30. The van der Waals surface area contributed by atoms with Crippen LogP contribution in [0.3, 0.4) is 0 Å². The van der Waals surface area contributed by atoms with Crippen LogP contribution in [0.15, 0.2) is 0 Å². The number of rotatable bonds is 10. The highest BCUT2D eigenvalue weighted by Crippen LogP contribution is 2.23. The summed E-state index contributed by atoms with van der Waals surface area (Å²) in [6, 6.07) is 0.0337. The molecule has 0 aromatic heterocycles. The standard InChI is InChI=1S/C11H21NO2.C10H21NO2.C9H21N.CO2/c1-11(2,3)8-12-7-5-4-6-9(12)10(13)14;1-5-6-8(9(12)13)11-7-10(2,3)4;1-6-8(2)10-7-9(3,4)5;2-1-3/h9H,4-8H2,1-3H3,(H,13,14);8,11H,5-7H2,1-4H3,(H,12,13);8,10H,6-7H2,1-5H3;/t9-;2*8-;/m001./s1. The van der Waals surface area contributed by atoms with Crippen LogP contribution in [0.4, 0.5) is 0 Å². The Labute approximate surface area is 245 Å². The van der Waals surface area contributed by atoms with E-state index < -0.39 is 11.9 Å². The van der Waals surface area contributed by atoms with Gasteiger partial charge in [0.2, 0.25) is 0 Å². The molecule has 3 atom stereocenters. The van der Waals surface area contributed by atoms with Crippen LogP contribution < -0.4 is 10.6 Å². The Kier molecular flexibility index (Phi) is 23.3. The Bertz CT molecular complexity index is 701. The summed E-state index contributed by atoms with van der Waals surface area (Å²) in [6.45, 7) is 29.6. The summed E-state index contributed by atoms with van der Waals surface area (Å²) in [5.41, 5.74) is 0.746. The molecule has 1 fully saturated rings. The van der Waals surface area contributed by atoms with E-state index in [9.17, 15) is 9.59 Å². The maximum atomic E-state index is 11.0. The Morgan fingerprint density at radius 1 is 0.875 bits per heavy atom. The maximum Gasteiger partial charge on any atom is 0.373 e. The molecule has 0 radical (unpaired) electrons. The Hall–Kier alpha value is -1.80. The van der Waals surface area contributed by atoms with Crippen molar-refractivity contribution < 1.29 is 29.4 Å². The third-order valence-electron chi connectivity index (χ3n) is 5.92. The summed E-state index contributed by atoms with van der Waals surface area (Å²) in [5, 5.41) is 24.4. The van der Waals surface area contributed by atoms with E-state index in [0.29, 0.717) is 17.9 Å². The average Bonchev–Trinajstić information content (AvgIpc) is 2.79. The number of hydrogen-bond acceptors (Lipinski definition) is 7. The minimum absolute atomic E-state index is 0.140. The Morgan fingerprint density at radius 3 is 1.70 bits per heavy atom. The topological polar surface area (TPSA) is 136 Å². The average molecular weight is 574 g/mol. The fourth-order valence-electron chi connectivity index (χ4n) is 3.72. The molecular weight excluding hydrogens is 510 g/mol. The third kappa shape index (κ3) is 29.2. The molecule has 0 saturated carbocycles. The fraction of sp³-hybridized carbons (Fsp3) is 0.903. The lowest BCUT2D eigenvalue weighted by molar-refractivity contribution is -0.191. The van der Waals surface area contributed by atoms with Gasteiger partial charge in [-0.2, -0.15) is 9.59 Å². The van der Waals surface area contributed by atoms with E-state index in [-0.39, 0.29) is 29.1 Å². The van der Waals surface area contributed by atoms with E-state index >= 15 is 0 Å². The number of hydrogen-bond donors (Lipinski definition) is 4. The first-order valence-electron chi connectivity index (χ1n) is 14.8. The highest BCUT2D eigenvalue weighted by atomic mass is 16.4. The first kappa shape index (κ1) is 42.7. The minimum atomic E-state index is -0.744. The molecule has 0 bridgehead atoms. The van der Waals surface area contributed by atoms with Gasteiger partial charge >= 0.3 is 18.1 Å². The number of carboxylic acids is 2. The largest absolute Gasteiger partial charge is 0.480 e. The number of piperidine rings is 1. The zero-order valence-corrected chi connectivity index (χ0v) is 27.8. The number of carbonyl (C=O) groups is 2. The molecule has 0 aromatic rings. The van der Waals surface area contributed by atoms with Crippen LogP contribution in [-0.2, 0) is 19.2 Å². The van der Waals surface area contributed by atoms with Crippen molar-refractivity contribution in [2.75, 3.05) is 26.2 Å². The summed E-state index contributed by atoms with van der Waals surface area (Å²) in [4.78, 5) is 40.1. The zero-order chi connectivity index (χ0) is 32.2. The van der Waals surface area contributed by atoms with Crippen LogP contribution in [0.5, 0.6) is 0 Å². The predicted octanol–water partition coefficient (Wildman–Crippen LogP) is 5.68. The van der Waals surface area contributed by atoms with Gasteiger partial charge in [-0.25, -0.2) is 0 Å². The lowest BCUT2D eigenvalue weighted by atomic mass is 9.92. The molecule has 9 heteroatoms. The van der Waals surface area contributed by atoms with Crippen molar-refractivity contribution in [3.05, 3.63) is 0 Å². The molecule has 0 amide bonds. The van der Waals surface area contributed by atoms with Crippen molar-refractivity contribution in [3.63, 3.8) is 0 Å². The third-order valence-corrected chi connectivity index (χ3v) is 5.92. The molecule has 238 valence electrons. The van der Waals surface area contributed by atoms with E-state index in [0.717, 1.165) is 51.9 Å². The molecule has 1 saturated heterocycles. The second kappa shape index (κ2) is 21.9. The minimum Gasteiger partial charge on any atom is -0.480 e. The quantitative estimate of drug-likeness (QED) is 0.260. The molecule has 1 rings (SSSR count). The van der Waals surface area contributed by atoms with Gasteiger partial charge in [0, 0.05) is 25.7 Å². The summed E-state index contributed by atoms with van der Waals surface area (Å²) < 4.78 is 0. The van der Waals surface area contributed by atoms with Crippen LogP contribution >= 0.6 is 0 Å². The molecule has 1 heterocycles. The number of carboxylic acid groups (broad SMARTS) is 2. The van der Waals surface area contributed by atoms with E-state index in [1.807, 2.05) is 6.92 Å². The molecule has 0 aromatic carbocycles. The Balaban J connectivity index is -0.000000495.